The smallest absolute Gasteiger partial charge is 0.257 e. The van der Waals surface area contributed by atoms with Gasteiger partial charge in [0.25, 0.3) is 5.91 Å². The van der Waals surface area contributed by atoms with Crippen molar-refractivity contribution in [2.45, 2.75) is 77.9 Å². The van der Waals surface area contributed by atoms with E-state index in [1.54, 1.807) is 0 Å². The standard InChI is InChI=1S/C28H36N4O/c1-6-23(17-16-21-14-12-19(2)13-15-21)29-27(33)25-20(3)31-32-26(25)30-24(18-28(32,4)5)22-10-8-7-9-11-22/h7-15,23-24,30H,6,16-18H2,1-5H3,(H,29,33). The molecule has 2 aromatic carbocycles. The quantitative estimate of drug-likeness (QED) is 0.475. The number of fused-ring (bicyclic) bond motifs is 1. The molecule has 5 heteroatoms. The number of aromatic nitrogens is 2. The third-order valence-corrected chi connectivity index (χ3v) is 6.81. The Kier molecular flexibility index (Phi) is 6.59. The highest BCUT2D eigenvalue weighted by Gasteiger charge is 2.38. The van der Waals surface area contributed by atoms with Crippen LogP contribution in [-0.2, 0) is 12.0 Å². The molecule has 2 unspecified atom stereocenters. The van der Waals surface area contributed by atoms with Gasteiger partial charge in [-0.25, -0.2) is 4.68 Å². The predicted octanol–water partition coefficient (Wildman–Crippen LogP) is 5.93. The van der Waals surface area contributed by atoms with E-state index in [1.165, 1.54) is 16.7 Å². The van der Waals surface area contributed by atoms with Crippen molar-refractivity contribution in [1.29, 1.82) is 0 Å². The number of amides is 1. The zero-order valence-electron chi connectivity index (χ0n) is 20.5. The second-order valence-corrected chi connectivity index (χ2v) is 9.95. The Morgan fingerprint density at radius 2 is 1.85 bits per heavy atom. The lowest BCUT2D eigenvalue weighted by Crippen LogP contribution is -2.39. The Morgan fingerprint density at radius 3 is 2.52 bits per heavy atom. The minimum Gasteiger partial charge on any atom is -0.363 e. The zero-order valence-corrected chi connectivity index (χ0v) is 20.5. The molecule has 1 aliphatic heterocycles. The van der Waals surface area contributed by atoms with Crippen LogP contribution in [0.15, 0.2) is 54.6 Å². The first-order valence-corrected chi connectivity index (χ1v) is 12.1. The van der Waals surface area contributed by atoms with Gasteiger partial charge in [0, 0.05) is 6.04 Å². The summed E-state index contributed by atoms with van der Waals surface area (Å²) in [5, 5.41) is 11.7. The van der Waals surface area contributed by atoms with Gasteiger partial charge in [0.05, 0.1) is 17.3 Å². The van der Waals surface area contributed by atoms with E-state index in [0.29, 0.717) is 5.56 Å². The minimum atomic E-state index is -0.194. The molecule has 0 fully saturated rings. The van der Waals surface area contributed by atoms with Crippen LogP contribution in [0.5, 0.6) is 0 Å². The molecule has 1 aromatic heterocycles. The van der Waals surface area contributed by atoms with Crippen LogP contribution in [0.4, 0.5) is 5.82 Å². The van der Waals surface area contributed by atoms with Gasteiger partial charge >= 0.3 is 0 Å². The topological polar surface area (TPSA) is 59.0 Å². The summed E-state index contributed by atoms with van der Waals surface area (Å²) in [4.78, 5) is 13.5. The number of hydrogen-bond donors (Lipinski definition) is 2. The summed E-state index contributed by atoms with van der Waals surface area (Å²) in [6, 6.07) is 19.4. The van der Waals surface area contributed by atoms with Gasteiger partial charge in [0.1, 0.15) is 11.4 Å². The van der Waals surface area contributed by atoms with E-state index >= 15 is 0 Å². The number of nitrogens with zero attached hydrogens (tertiary/aromatic N) is 2. The lowest BCUT2D eigenvalue weighted by molar-refractivity contribution is 0.0933. The maximum Gasteiger partial charge on any atom is 0.257 e. The molecule has 4 rings (SSSR count). The van der Waals surface area contributed by atoms with Crippen molar-refractivity contribution in [3.05, 3.63) is 82.5 Å². The molecule has 0 radical (unpaired) electrons. The average Bonchev–Trinajstić information content (AvgIpc) is 3.15. The van der Waals surface area contributed by atoms with E-state index in [0.717, 1.165) is 37.2 Å². The summed E-state index contributed by atoms with van der Waals surface area (Å²) >= 11 is 0. The first kappa shape index (κ1) is 23.1. The number of carbonyl (C=O) groups is 1. The van der Waals surface area contributed by atoms with Gasteiger partial charge in [-0.3, -0.25) is 4.79 Å². The van der Waals surface area contributed by atoms with Crippen molar-refractivity contribution < 1.29 is 4.79 Å². The van der Waals surface area contributed by atoms with E-state index in [9.17, 15) is 4.79 Å². The molecule has 33 heavy (non-hydrogen) atoms. The lowest BCUT2D eigenvalue weighted by Gasteiger charge is -2.38. The number of aryl methyl sites for hydroxylation is 3. The Bertz CT molecular complexity index is 1100. The molecular weight excluding hydrogens is 408 g/mol. The summed E-state index contributed by atoms with van der Waals surface area (Å²) in [6.07, 6.45) is 3.66. The van der Waals surface area contributed by atoms with Crippen molar-refractivity contribution in [2.75, 3.05) is 5.32 Å². The Balaban J connectivity index is 1.53. The van der Waals surface area contributed by atoms with Crippen LogP contribution in [0.1, 0.15) is 78.8 Å². The highest BCUT2D eigenvalue weighted by molar-refractivity contribution is 6.00. The maximum absolute atomic E-state index is 13.5. The normalized spacial score (nSPS) is 17.7. The van der Waals surface area contributed by atoms with Crippen LogP contribution < -0.4 is 10.6 Å². The van der Waals surface area contributed by atoms with Crippen LogP contribution >= 0.6 is 0 Å². The van der Waals surface area contributed by atoms with Gasteiger partial charge in [0.2, 0.25) is 0 Å². The van der Waals surface area contributed by atoms with Crippen LogP contribution in [0, 0.1) is 13.8 Å². The molecule has 1 amide bonds. The average molecular weight is 445 g/mol. The molecule has 5 nitrogen and oxygen atoms in total. The van der Waals surface area contributed by atoms with Crippen LogP contribution in [-0.4, -0.2) is 21.7 Å². The Hall–Kier alpha value is -3.08. The molecule has 174 valence electrons. The fraction of sp³-hybridized carbons (Fsp3) is 0.429. The van der Waals surface area contributed by atoms with E-state index in [2.05, 4.69) is 86.9 Å². The second kappa shape index (κ2) is 9.42. The monoisotopic (exact) mass is 444 g/mol. The van der Waals surface area contributed by atoms with Gasteiger partial charge in [-0.1, -0.05) is 67.1 Å². The number of anilines is 1. The SMILES string of the molecule is CCC(CCc1ccc(C)cc1)NC(=O)c1c(C)nn2c1NC(c1ccccc1)CC2(C)C. The summed E-state index contributed by atoms with van der Waals surface area (Å²) in [6.45, 7) is 10.6. The number of hydrogen-bond acceptors (Lipinski definition) is 3. The molecule has 0 saturated carbocycles. The third kappa shape index (κ3) is 4.97. The molecule has 3 aromatic rings. The van der Waals surface area contributed by atoms with Gasteiger partial charge < -0.3 is 10.6 Å². The molecule has 0 saturated heterocycles. The summed E-state index contributed by atoms with van der Waals surface area (Å²) < 4.78 is 2.00. The fourth-order valence-corrected chi connectivity index (χ4v) is 4.79. The molecule has 0 spiro atoms. The number of benzene rings is 2. The maximum atomic E-state index is 13.5. The number of carbonyl (C=O) groups excluding carboxylic acids is 1. The second-order valence-electron chi connectivity index (χ2n) is 9.95. The van der Waals surface area contributed by atoms with Crippen molar-refractivity contribution >= 4 is 11.7 Å². The predicted molar refractivity (Wildman–Crippen MR) is 135 cm³/mol. The highest BCUT2D eigenvalue weighted by atomic mass is 16.1. The minimum absolute atomic E-state index is 0.0403. The molecule has 0 aliphatic carbocycles. The highest BCUT2D eigenvalue weighted by Crippen LogP contribution is 2.40. The van der Waals surface area contributed by atoms with Gasteiger partial charge in [-0.2, -0.15) is 5.10 Å². The fourth-order valence-electron chi connectivity index (χ4n) is 4.79. The van der Waals surface area contributed by atoms with Gasteiger partial charge in [0.15, 0.2) is 0 Å². The molecule has 0 bridgehead atoms. The van der Waals surface area contributed by atoms with Crippen molar-refractivity contribution in [1.82, 2.24) is 15.1 Å². The first-order valence-electron chi connectivity index (χ1n) is 12.1. The molecule has 1 aliphatic rings. The van der Waals surface area contributed by atoms with Crippen molar-refractivity contribution in [2.24, 2.45) is 0 Å². The van der Waals surface area contributed by atoms with Crippen LogP contribution in [0.3, 0.4) is 0 Å². The van der Waals surface area contributed by atoms with Crippen LogP contribution in [0.25, 0.3) is 0 Å². The summed E-state index contributed by atoms with van der Waals surface area (Å²) in [5.41, 5.74) is 5.04. The van der Waals surface area contributed by atoms with E-state index in [1.807, 2.05) is 17.7 Å². The lowest BCUT2D eigenvalue weighted by atomic mass is 9.89. The third-order valence-electron chi connectivity index (χ3n) is 6.81. The van der Waals surface area contributed by atoms with E-state index < -0.39 is 0 Å². The van der Waals surface area contributed by atoms with Gasteiger partial charge in [-0.05, 0) is 64.5 Å². The summed E-state index contributed by atoms with van der Waals surface area (Å²) in [7, 11) is 0. The van der Waals surface area contributed by atoms with Crippen LogP contribution in [0.2, 0.25) is 0 Å². The van der Waals surface area contributed by atoms with E-state index in [-0.39, 0.29) is 23.5 Å². The Morgan fingerprint density at radius 1 is 1.15 bits per heavy atom. The molecule has 2 N–H and O–H groups in total. The largest absolute Gasteiger partial charge is 0.363 e. The van der Waals surface area contributed by atoms with E-state index in [4.69, 9.17) is 5.10 Å². The first-order chi connectivity index (χ1) is 15.8. The summed E-state index contributed by atoms with van der Waals surface area (Å²) in [5.74, 6) is 0.782. The zero-order chi connectivity index (χ0) is 23.6. The van der Waals surface area contributed by atoms with Crippen molar-refractivity contribution in [3.8, 4) is 0 Å². The van der Waals surface area contributed by atoms with Gasteiger partial charge in [-0.15, -0.1) is 0 Å². The number of nitrogens with one attached hydrogen (secondary N) is 2. The Labute approximate surface area is 197 Å². The molecule has 2 heterocycles. The molecular formula is C28H36N4O. The molecule has 2 atom stereocenters. The number of rotatable bonds is 7. The van der Waals surface area contributed by atoms with Crippen molar-refractivity contribution in [3.63, 3.8) is 0 Å².